The van der Waals surface area contributed by atoms with Gasteiger partial charge < -0.3 is 10.2 Å². The third kappa shape index (κ3) is 2.81. The lowest BCUT2D eigenvalue weighted by atomic mass is 10.2. The molecule has 0 amide bonds. The molecule has 0 unspecified atom stereocenters. The number of hydrogen-bond donors (Lipinski definition) is 1. The maximum Gasteiger partial charge on any atom is 0.314 e. The van der Waals surface area contributed by atoms with Crippen molar-refractivity contribution in [1.82, 2.24) is 24.8 Å². The number of nitrogens with zero attached hydrogens (tertiary/aromatic N) is 7. The lowest BCUT2D eigenvalue weighted by Gasteiger charge is -2.11. The first-order valence-electron chi connectivity index (χ1n) is 7.20. The molecule has 0 bridgehead atoms. The molecule has 0 atom stereocenters. The van der Waals surface area contributed by atoms with Crippen LogP contribution in [0.1, 0.15) is 11.4 Å². The van der Waals surface area contributed by atoms with E-state index in [0.717, 1.165) is 5.82 Å². The molecule has 0 aliphatic rings. The van der Waals surface area contributed by atoms with Gasteiger partial charge >= 0.3 is 5.69 Å². The molecule has 0 fully saturated rings. The van der Waals surface area contributed by atoms with Gasteiger partial charge in [-0.15, -0.1) is 15.3 Å². The lowest BCUT2D eigenvalue weighted by Crippen LogP contribution is -2.14. The number of rotatable bonds is 5. The minimum Gasteiger partial charge on any atom is -0.361 e. The SMILES string of the molecule is Cc1ccnc(NCc2nnc3ccc(N(C)C)nn23)c1[N+](=O)[O-]. The number of aryl methyl sites for hydroxylation is 1. The molecule has 10 heteroatoms. The highest BCUT2D eigenvalue weighted by atomic mass is 16.6. The van der Waals surface area contributed by atoms with Crippen molar-refractivity contribution in [2.75, 3.05) is 24.3 Å². The van der Waals surface area contributed by atoms with Gasteiger partial charge in [-0.1, -0.05) is 0 Å². The highest BCUT2D eigenvalue weighted by molar-refractivity contribution is 5.59. The fourth-order valence-electron chi connectivity index (χ4n) is 2.25. The molecule has 0 radical (unpaired) electrons. The van der Waals surface area contributed by atoms with Crippen LogP contribution in [-0.2, 0) is 6.54 Å². The van der Waals surface area contributed by atoms with Crippen molar-refractivity contribution in [3.63, 3.8) is 0 Å². The van der Waals surface area contributed by atoms with Crippen LogP contribution >= 0.6 is 0 Å². The van der Waals surface area contributed by atoms with E-state index in [4.69, 9.17) is 0 Å². The molecule has 0 saturated carbocycles. The summed E-state index contributed by atoms with van der Waals surface area (Å²) in [5, 5.41) is 26.7. The number of aromatic nitrogens is 5. The molecule has 0 saturated heterocycles. The van der Waals surface area contributed by atoms with Crippen LogP contribution in [0.2, 0.25) is 0 Å². The zero-order valence-electron chi connectivity index (χ0n) is 13.5. The fourth-order valence-corrected chi connectivity index (χ4v) is 2.25. The number of pyridine rings is 1. The highest BCUT2D eigenvalue weighted by Crippen LogP contribution is 2.25. The molecule has 10 nitrogen and oxygen atoms in total. The van der Waals surface area contributed by atoms with E-state index in [9.17, 15) is 10.1 Å². The quantitative estimate of drug-likeness (QED) is 0.552. The van der Waals surface area contributed by atoms with Crippen LogP contribution in [0.15, 0.2) is 24.4 Å². The van der Waals surface area contributed by atoms with Crippen LogP contribution in [0.25, 0.3) is 5.65 Å². The molecule has 0 spiro atoms. The summed E-state index contributed by atoms with van der Waals surface area (Å²) in [5.41, 5.74) is 1.09. The number of nitrogens with one attached hydrogen (secondary N) is 1. The van der Waals surface area contributed by atoms with E-state index in [1.165, 1.54) is 6.20 Å². The molecule has 3 heterocycles. The van der Waals surface area contributed by atoms with Crippen LogP contribution in [0.5, 0.6) is 0 Å². The Morgan fingerprint density at radius 1 is 1.29 bits per heavy atom. The summed E-state index contributed by atoms with van der Waals surface area (Å²) in [6.07, 6.45) is 1.52. The van der Waals surface area contributed by atoms with E-state index < -0.39 is 4.92 Å². The van der Waals surface area contributed by atoms with Gasteiger partial charge in [-0.05, 0) is 25.1 Å². The summed E-state index contributed by atoms with van der Waals surface area (Å²) in [6, 6.07) is 5.25. The van der Waals surface area contributed by atoms with Gasteiger partial charge in [-0.25, -0.2) is 4.98 Å². The Morgan fingerprint density at radius 3 is 2.79 bits per heavy atom. The second-order valence-electron chi connectivity index (χ2n) is 5.41. The van der Waals surface area contributed by atoms with Crippen molar-refractivity contribution in [1.29, 1.82) is 0 Å². The number of fused-ring (bicyclic) bond motifs is 1. The van der Waals surface area contributed by atoms with Crippen molar-refractivity contribution in [2.45, 2.75) is 13.5 Å². The minimum absolute atomic E-state index is 0.0479. The van der Waals surface area contributed by atoms with Crippen molar-refractivity contribution in [2.24, 2.45) is 0 Å². The van der Waals surface area contributed by atoms with Gasteiger partial charge in [0.05, 0.1) is 11.5 Å². The van der Waals surface area contributed by atoms with Crippen LogP contribution in [-0.4, -0.2) is 43.8 Å². The third-order valence-electron chi connectivity index (χ3n) is 3.49. The largest absolute Gasteiger partial charge is 0.361 e. The summed E-state index contributed by atoms with van der Waals surface area (Å²) < 4.78 is 1.60. The second-order valence-corrected chi connectivity index (χ2v) is 5.41. The van der Waals surface area contributed by atoms with Gasteiger partial charge in [-0.2, -0.15) is 4.52 Å². The average Bonchev–Trinajstić information content (AvgIpc) is 2.94. The van der Waals surface area contributed by atoms with E-state index in [1.807, 2.05) is 31.1 Å². The van der Waals surface area contributed by atoms with Gasteiger partial charge in [0, 0.05) is 25.9 Å². The van der Waals surface area contributed by atoms with E-state index in [2.05, 4.69) is 25.6 Å². The molecular weight excluding hydrogens is 312 g/mol. The fraction of sp³-hybridized carbons (Fsp3) is 0.286. The lowest BCUT2D eigenvalue weighted by molar-refractivity contribution is -0.384. The summed E-state index contributed by atoms with van der Waals surface area (Å²) in [7, 11) is 3.77. The summed E-state index contributed by atoms with van der Waals surface area (Å²) in [6.45, 7) is 1.88. The van der Waals surface area contributed by atoms with Crippen molar-refractivity contribution >= 4 is 23.0 Å². The summed E-state index contributed by atoms with van der Waals surface area (Å²) in [4.78, 5) is 16.7. The summed E-state index contributed by atoms with van der Waals surface area (Å²) >= 11 is 0. The monoisotopic (exact) mass is 328 g/mol. The Balaban J connectivity index is 1.90. The Morgan fingerprint density at radius 2 is 2.08 bits per heavy atom. The zero-order chi connectivity index (χ0) is 17.3. The van der Waals surface area contributed by atoms with Gasteiger partial charge in [-0.3, -0.25) is 10.1 Å². The predicted molar refractivity (Wildman–Crippen MR) is 88.1 cm³/mol. The minimum atomic E-state index is -0.449. The Labute approximate surface area is 137 Å². The molecular formula is C14H16N8O2. The van der Waals surface area contributed by atoms with Crippen molar-refractivity contribution in [3.8, 4) is 0 Å². The van der Waals surface area contributed by atoms with Crippen LogP contribution in [0, 0.1) is 17.0 Å². The maximum atomic E-state index is 11.2. The number of nitro groups is 1. The van der Waals surface area contributed by atoms with Crippen molar-refractivity contribution < 1.29 is 4.92 Å². The highest BCUT2D eigenvalue weighted by Gasteiger charge is 2.19. The Bertz CT molecular complexity index is 905. The molecule has 0 aliphatic heterocycles. The number of hydrogen-bond acceptors (Lipinski definition) is 8. The second kappa shape index (κ2) is 6.07. The zero-order valence-corrected chi connectivity index (χ0v) is 13.5. The standard InChI is InChI=1S/C14H16N8O2/c1-9-6-7-15-14(13(9)22(23)24)16-8-12-18-17-10-4-5-11(20(2)3)19-21(10)12/h4-7H,8H2,1-3H3,(H,15,16). The van der Waals surface area contributed by atoms with Gasteiger partial charge in [0.2, 0.25) is 5.82 Å². The summed E-state index contributed by atoms with van der Waals surface area (Å²) in [5.74, 6) is 1.48. The molecule has 3 rings (SSSR count). The Hall–Kier alpha value is -3.30. The smallest absolute Gasteiger partial charge is 0.314 e. The molecule has 0 aromatic carbocycles. The molecule has 124 valence electrons. The van der Waals surface area contributed by atoms with E-state index in [0.29, 0.717) is 17.0 Å². The normalized spacial score (nSPS) is 10.8. The first-order chi connectivity index (χ1) is 11.5. The van der Waals surface area contributed by atoms with Crippen LogP contribution < -0.4 is 10.2 Å². The van der Waals surface area contributed by atoms with Crippen LogP contribution in [0.4, 0.5) is 17.3 Å². The van der Waals surface area contributed by atoms with E-state index in [-0.39, 0.29) is 18.1 Å². The van der Waals surface area contributed by atoms with E-state index >= 15 is 0 Å². The van der Waals surface area contributed by atoms with Crippen molar-refractivity contribution in [3.05, 3.63) is 45.9 Å². The van der Waals surface area contributed by atoms with Crippen LogP contribution in [0.3, 0.4) is 0 Å². The predicted octanol–water partition coefficient (Wildman–Crippen LogP) is 1.41. The van der Waals surface area contributed by atoms with Gasteiger partial charge in [0.15, 0.2) is 11.5 Å². The van der Waals surface area contributed by atoms with Gasteiger partial charge in [0.1, 0.15) is 5.82 Å². The molecule has 1 N–H and O–H groups in total. The molecule has 24 heavy (non-hydrogen) atoms. The number of anilines is 2. The Kier molecular flexibility index (Phi) is 3.94. The third-order valence-corrected chi connectivity index (χ3v) is 3.49. The average molecular weight is 328 g/mol. The molecule has 3 aromatic heterocycles. The molecule has 3 aromatic rings. The first kappa shape index (κ1) is 15.6. The van der Waals surface area contributed by atoms with E-state index in [1.54, 1.807) is 17.5 Å². The van der Waals surface area contributed by atoms with Gasteiger partial charge in [0.25, 0.3) is 0 Å². The molecule has 0 aliphatic carbocycles. The maximum absolute atomic E-state index is 11.2. The topological polar surface area (TPSA) is 114 Å². The first-order valence-corrected chi connectivity index (χ1v) is 7.20.